The predicted molar refractivity (Wildman–Crippen MR) is 75.3 cm³/mol. The lowest BCUT2D eigenvalue weighted by atomic mass is 10.1. The summed E-state index contributed by atoms with van der Waals surface area (Å²) in [5.74, 6) is 0.241. The first-order chi connectivity index (χ1) is 8.52. The highest BCUT2D eigenvalue weighted by molar-refractivity contribution is 5.91. The lowest BCUT2D eigenvalue weighted by Crippen LogP contribution is -2.21. The minimum Gasteiger partial charge on any atom is -0.330 e. The van der Waals surface area contributed by atoms with Crippen LogP contribution < -0.4 is 11.1 Å². The van der Waals surface area contributed by atoms with Crippen LogP contribution in [0.25, 0.3) is 0 Å². The predicted octanol–water partition coefficient (Wildman–Crippen LogP) is 1.67. The van der Waals surface area contributed by atoms with Crippen LogP contribution in [0.15, 0.2) is 24.3 Å². The molecule has 1 amide bonds. The van der Waals surface area contributed by atoms with E-state index in [0.717, 1.165) is 17.8 Å². The maximum absolute atomic E-state index is 11.8. The third kappa shape index (κ3) is 4.85. The van der Waals surface area contributed by atoms with Gasteiger partial charge >= 0.3 is 0 Å². The second-order valence-electron chi connectivity index (χ2n) is 4.99. The summed E-state index contributed by atoms with van der Waals surface area (Å²) in [6.45, 7) is 3.32. The van der Waals surface area contributed by atoms with Gasteiger partial charge in [-0.25, -0.2) is 0 Å². The Bertz CT molecular complexity index is 390. The number of carbonyl (C=O) groups excluding carboxylic acids is 1. The van der Waals surface area contributed by atoms with Crippen LogP contribution in [0.4, 0.5) is 5.69 Å². The molecule has 1 unspecified atom stereocenters. The lowest BCUT2D eigenvalue weighted by molar-refractivity contribution is -0.116. The highest BCUT2D eigenvalue weighted by Crippen LogP contribution is 2.17. The fourth-order valence-corrected chi connectivity index (χ4v) is 1.72. The number of hydrogen-bond donors (Lipinski definition) is 2. The highest BCUT2D eigenvalue weighted by Gasteiger charge is 2.10. The number of para-hydroxylation sites is 1. The Labute approximate surface area is 109 Å². The van der Waals surface area contributed by atoms with Crippen LogP contribution in [0.5, 0.6) is 0 Å². The molecule has 100 valence electrons. The third-order valence-corrected chi connectivity index (χ3v) is 2.71. The quantitative estimate of drug-likeness (QED) is 0.806. The van der Waals surface area contributed by atoms with Crippen molar-refractivity contribution in [2.24, 2.45) is 11.7 Å². The van der Waals surface area contributed by atoms with E-state index in [1.807, 2.05) is 45.3 Å². The van der Waals surface area contributed by atoms with Crippen molar-refractivity contribution < 1.29 is 4.79 Å². The zero-order valence-electron chi connectivity index (χ0n) is 11.4. The monoisotopic (exact) mass is 249 g/mol. The third-order valence-electron chi connectivity index (χ3n) is 2.71. The number of hydrogen-bond acceptors (Lipinski definition) is 3. The van der Waals surface area contributed by atoms with Gasteiger partial charge in [-0.15, -0.1) is 0 Å². The van der Waals surface area contributed by atoms with Crippen molar-refractivity contribution in [2.75, 3.05) is 26.0 Å². The molecule has 4 nitrogen and oxygen atoms in total. The molecule has 0 saturated carbocycles. The molecule has 1 aromatic rings. The van der Waals surface area contributed by atoms with E-state index in [1.54, 1.807) is 0 Å². The number of nitrogens with two attached hydrogens (primary N) is 1. The van der Waals surface area contributed by atoms with Gasteiger partial charge in [0.1, 0.15) is 0 Å². The molecule has 4 heteroatoms. The molecule has 0 spiro atoms. The van der Waals surface area contributed by atoms with Gasteiger partial charge in [-0.3, -0.25) is 4.79 Å². The summed E-state index contributed by atoms with van der Waals surface area (Å²) in [5, 5.41) is 2.96. The van der Waals surface area contributed by atoms with E-state index in [9.17, 15) is 4.79 Å². The van der Waals surface area contributed by atoms with Gasteiger partial charge in [-0.05, 0) is 38.2 Å². The van der Waals surface area contributed by atoms with Crippen molar-refractivity contribution in [3.05, 3.63) is 29.8 Å². The van der Waals surface area contributed by atoms with Crippen molar-refractivity contribution in [1.29, 1.82) is 0 Å². The van der Waals surface area contributed by atoms with E-state index < -0.39 is 0 Å². The fourth-order valence-electron chi connectivity index (χ4n) is 1.72. The Morgan fingerprint density at radius 1 is 1.39 bits per heavy atom. The van der Waals surface area contributed by atoms with Gasteiger partial charge in [0.05, 0.1) is 0 Å². The number of nitrogens with zero attached hydrogens (tertiary/aromatic N) is 1. The summed E-state index contributed by atoms with van der Waals surface area (Å²) < 4.78 is 0. The average molecular weight is 249 g/mol. The fraction of sp³-hybridized carbons (Fsp3) is 0.500. The summed E-state index contributed by atoms with van der Waals surface area (Å²) in [6, 6.07) is 7.88. The first kappa shape index (κ1) is 14.7. The Balaban J connectivity index is 2.68. The van der Waals surface area contributed by atoms with Crippen molar-refractivity contribution in [3.63, 3.8) is 0 Å². The molecule has 1 rings (SSSR count). The maximum atomic E-state index is 11.8. The van der Waals surface area contributed by atoms with Gasteiger partial charge < -0.3 is 16.0 Å². The van der Waals surface area contributed by atoms with E-state index in [1.165, 1.54) is 0 Å². The molecule has 0 aliphatic heterocycles. The summed E-state index contributed by atoms with van der Waals surface area (Å²) in [6.07, 6.45) is 0.465. The molecule has 0 aromatic heterocycles. The molecule has 0 bridgehead atoms. The second-order valence-corrected chi connectivity index (χ2v) is 4.99. The van der Waals surface area contributed by atoms with Gasteiger partial charge in [0.25, 0.3) is 0 Å². The molecule has 3 N–H and O–H groups in total. The van der Waals surface area contributed by atoms with Crippen LogP contribution in [0, 0.1) is 5.92 Å². The van der Waals surface area contributed by atoms with E-state index in [2.05, 4.69) is 10.2 Å². The van der Waals surface area contributed by atoms with Gasteiger partial charge in [0.2, 0.25) is 5.91 Å². The van der Waals surface area contributed by atoms with Gasteiger partial charge in [-0.1, -0.05) is 25.1 Å². The van der Waals surface area contributed by atoms with Crippen molar-refractivity contribution in [3.8, 4) is 0 Å². The molecule has 0 heterocycles. The van der Waals surface area contributed by atoms with Crippen LogP contribution in [0.3, 0.4) is 0 Å². The smallest absolute Gasteiger partial charge is 0.224 e. The summed E-state index contributed by atoms with van der Waals surface area (Å²) in [4.78, 5) is 13.9. The number of anilines is 1. The molecular formula is C14H23N3O. The van der Waals surface area contributed by atoms with E-state index in [0.29, 0.717) is 13.0 Å². The standard InChI is InChI=1S/C14H23N3O/c1-11(9-15)8-14(18)16-13-7-5-4-6-12(13)10-17(2)3/h4-7,11H,8-10,15H2,1-3H3,(H,16,18). The van der Waals surface area contributed by atoms with E-state index in [4.69, 9.17) is 5.73 Å². The van der Waals surface area contributed by atoms with Crippen molar-refractivity contribution in [2.45, 2.75) is 19.9 Å². The summed E-state index contributed by atoms with van der Waals surface area (Å²) in [5.41, 5.74) is 7.53. The molecule has 1 aromatic carbocycles. The Morgan fingerprint density at radius 3 is 2.67 bits per heavy atom. The summed E-state index contributed by atoms with van der Waals surface area (Å²) >= 11 is 0. The molecule has 18 heavy (non-hydrogen) atoms. The topological polar surface area (TPSA) is 58.4 Å². The number of amides is 1. The number of nitrogens with one attached hydrogen (secondary N) is 1. The van der Waals surface area contributed by atoms with Crippen LogP contribution in [0.2, 0.25) is 0 Å². The number of benzene rings is 1. The largest absolute Gasteiger partial charge is 0.330 e. The van der Waals surface area contributed by atoms with Crippen molar-refractivity contribution >= 4 is 11.6 Å². The number of rotatable bonds is 6. The van der Waals surface area contributed by atoms with Gasteiger partial charge in [0.15, 0.2) is 0 Å². The molecule has 1 atom stereocenters. The normalized spacial score (nSPS) is 12.5. The second kappa shape index (κ2) is 7.13. The minimum atomic E-state index is 0.0270. The van der Waals surface area contributed by atoms with E-state index in [-0.39, 0.29) is 11.8 Å². The first-order valence-corrected chi connectivity index (χ1v) is 6.25. The molecule has 0 aliphatic rings. The zero-order valence-corrected chi connectivity index (χ0v) is 11.4. The molecule has 0 fully saturated rings. The Kier molecular flexibility index (Phi) is 5.82. The van der Waals surface area contributed by atoms with Crippen LogP contribution in [-0.4, -0.2) is 31.4 Å². The summed E-state index contributed by atoms with van der Waals surface area (Å²) in [7, 11) is 4.02. The van der Waals surface area contributed by atoms with Crippen LogP contribution in [-0.2, 0) is 11.3 Å². The van der Waals surface area contributed by atoms with Gasteiger partial charge in [0, 0.05) is 18.7 Å². The molecule has 0 saturated heterocycles. The van der Waals surface area contributed by atoms with Crippen LogP contribution >= 0.6 is 0 Å². The lowest BCUT2D eigenvalue weighted by Gasteiger charge is -2.15. The molecule has 0 aliphatic carbocycles. The van der Waals surface area contributed by atoms with Gasteiger partial charge in [-0.2, -0.15) is 0 Å². The SMILES string of the molecule is CC(CN)CC(=O)Nc1ccccc1CN(C)C. The molecule has 0 radical (unpaired) electrons. The van der Waals surface area contributed by atoms with Crippen LogP contribution in [0.1, 0.15) is 18.9 Å². The maximum Gasteiger partial charge on any atom is 0.224 e. The zero-order chi connectivity index (χ0) is 13.5. The van der Waals surface area contributed by atoms with E-state index >= 15 is 0 Å². The first-order valence-electron chi connectivity index (χ1n) is 6.25. The minimum absolute atomic E-state index is 0.0270. The average Bonchev–Trinajstić information content (AvgIpc) is 2.30. The number of carbonyl (C=O) groups is 1. The highest BCUT2D eigenvalue weighted by atomic mass is 16.1. The Morgan fingerprint density at radius 2 is 2.06 bits per heavy atom. The molecular weight excluding hydrogens is 226 g/mol. The Hall–Kier alpha value is -1.39. The van der Waals surface area contributed by atoms with Crippen molar-refractivity contribution in [1.82, 2.24) is 4.90 Å².